The highest BCUT2D eigenvalue weighted by Crippen LogP contribution is 2.20. The summed E-state index contributed by atoms with van der Waals surface area (Å²) >= 11 is 0. The van der Waals surface area contributed by atoms with Gasteiger partial charge in [0.1, 0.15) is 0 Å². The summed E-state index contributed by atoms with van der Waals surface area (Å²) < 4.78 is 0.674. The van der Waals surface area contributed by atoms with Crippen molar-refractivity contribution in [3.05, 3.63) is 35.3 Å². The van der Waals surface area contributed by atoms with Crippen molar-refractivity contribution in [3.63, 3.8) is 0 Å². The van der Waals surface area contributed by atoms with Crippen molar-refractivity contribution in [2.75, 3.05) is 26.2 Å². The van der Waals surface area contributed by atoms with Gasteiger partial charge < -0.3 is 15.4 Å². The number of pyridine rings is 1. The van der Waals surface area contributed by atoms with Crippen molar-refractivity contribution in [3.8, 4) is 0 Å². The number of nitrogens with zero attached hydrogens (tertiary/aromatic N) is 2. The second kappa shape index (κ2) is 6.70. The largest absolute Gasteiger partial charge is 0.619 e. The molecule has 2 heterocycles. The van der Waals surface area contributed by atoms with Gasteiger partial charge in [-0.1, -0.05) is 13.8 Å². The molecule has 0 aromatic carbocycles. The number of rotatable bonds is 4. The van der Waals surface area contributed by atoms with Gasteiger partial charge in [-0.05, 0) is 18.3 Å². The van der Waals surface area contributed by atoms with Crippen LogP contribution in [0.2, 0.25) is 0 Å². The Hall–Kier alpha value is -1.62. The van der Waals surface area contributed by atoms with Crippen molar-refractivity contribution < 1.29 is 9.52 Å². The standard InChI is InChI=1S/C15H23N3O2/c1-12-9-13(2)11-17(10-12)8-5-16-15(19)14-3-6-18(20)7-4-14/h3-4,6-7,12-13H,5,8-11H2,1-2H3,(H,16,19). The molecule has 2 atom stereocenters. The summed E-state index contributed by atoms with van der Waals surface area (Å²) in [5.41, 5.74) is 0.525. The minimum Gasteiger partial charge on any atom is -0.619 e. The monoisotopic (exact) mass is 277 g/mol. The summed E-state index contributed by atoms with van der Waals surface area (Å²) in [5.74, 6) is 1.34. The maximum absolute atomic E-state index is 11.9. The van der Waals surface area contributed by atoms with E-state index in [1.165, 1.54) is 30.9 Å². The smallest absolute Gasteiger partial charge is 0.251 e. The predicted octanol–water partition coefficient (Wildman–Crippen LogP) is 1.03. The van der Waals surface area contributed by atoms with Crippen LogP contribution in [-0.2, 0) is 0 Å². The van der Waals surface area contributed by atoms with Gasteiger partial charge in [-0.25, -0.2) is 0 Å². The van der Waals surface area contributed by atoms with Crippen LogP contribution in [0.4, 0.5) is 0 Å². The van der Waals surface area contributed by atoms with E-state index in [2.05, 4.69) is 24.1 Å². The first-order valence-electron chi connectivity index (χ1n) is 7.24. The highest BCUT2D eigenvalue weighted by Gasteiger charge is 2.21. The number of aromatic nitrogens is 1. The van der Waals surface area contributed by atoms with Crippen LogP contribution < -0.4 is 10.0 Å². The van der Waals surface area contributed by atoms with Gasteiger partial charge in [0.2, 0.25) is 0 Å². The van der Waals surface area contributed by atoms with Crippen LogP contribution in [0, 0.1) is 17.0 Å². The van der Waals surface area contributed by atoms with Gasteiger partial charge in [-0.2, -0.15) is 4.73 Å². The van der Waals surface area contributed by atoms with E-state index in [1.807, 2.05) is 0 Å². The SMILES string of the molecule is CC1CC(C)CN(CCNC(=O)c2cc[n+]([O-])cc2)C1. The fourth-order valence-electron chi connectivity index (χ4n) is 2.97. The Bertz CT molecular complexity index is 437. The first-order chi connectivity index (χ1) is 9.54. The molecular formula is C15H23N3O2. The lowest BCUT2D eigenvalue weighted by Gasteiger charge is -2.34. The summed E-state index contributed by atoms with van der Waals surface area (Å²) in [5, 5.41) is 13.8. The topological polar surface area (TPSA) is 59.3 Å². The predicted molar refractivity (Wildman–Crippen MR) is 77.1 cm³/mol. The number of amides is 1. The Morgan fingerprint density at radius 2 is 1.95 bits per heavy atom. The number of piperidine rings is 1. The second-order valence-corrected chi connectivity index (χ2v) is 5.91. The zero-order chi connectivity index (χ0) is 14.5. The van der Waals surface area contributed by atoms with Crippen LogP contribution in [-0.4, -0.2) is 37.0 Å². The highest BCUT2D eigenvalue weighted by atomic mass is 16.5. The van der Waals surface area contributed by atoms with Gasteiger partial charge in [0.05, 0.1) is 5.56 Å². The lowest BCUT2D eigenvalue weighted by Crippen LogP contribution is -2.42. The summed E-state index contributed by atoms with van der Waals surface area (Å²) in [6.45, 7) is 8.32. The third kappa shape index (κ3) is 4.20. The fourth-order valence-corrected chi connectivity index (χ4v) is 2.97. The molecule has 1 aliphatic heterocycles. The Kier molecular flexibility index (Phi) is 4.95. The lowest BCUT2D eigenvalue weighted by atomic mass is 9.92. The number of hydrogen-bond acceptors (Lipinski definition) is 3. The van der Waals surface area contributed by atoms with Crippen molar-refractivity contribution in [1.29, 1.82) is 0 Å². The molecule has 2 rings (SSSR count). The normalized spacial score (nSPS) is 23.5. The quantitative estimate of drug-likeness (QED) is 0.660. The molecule has 20 heavy (non-hydrogen) atoms. The number of carbonyl (C=O) groups is 1. The van der Waals surface area contributed by atoms with Crippen molar-refractivity contribution >= 4 is 5.91 Å². The average molecular weight is 277 g/mol. The van der Waals surface area contributed by atoms with Crippen LogP contribution in [0.3, 0.4) is 0 Å². The second-order valence-electron chi connectivity index (χ2n) is 5.91. The molecule has 5 heteroatoms. The molecule has 1 saturated heterocycles. The van der Waals surface area contributed by atoms with E-state index < -0.39 is 0 Å². The minimum absolute atomic E-state index is 0.122. The van der Waals surface area contributed by atoms with E-state index in [4.69, 9.17) is 0 Å². The Labute approximate surface area is 120 Å². The molecule has 0 aliphatic carbocycles. The van der Waals surface area contributed by atoms with Gasteiger partial charge in [-0.3, -0.25) is 4.79 Å². The number of carbonyl (C=O) groups excluding carboxylic acids is 1. The molecular weight excluding hydrogens is 254 g/mol. The summed E-state index contributed by atoms with van der Waals surface area (Å²) in [6, 6.07) is 3.07. The van der Waals surface area contributed by atoms with E-state index in [9.17, 15) is 10.0 Å². The van der Waals surface area contributed by atoms with E-state index in [1.54, 1.807) is 0 Å². The van der Waals surface area contributed by atoms with Gasteiger partial charge in [0, 0.05) is 38.3 Å². The third-order valence-corrected chi connectivity index (χ3v) is 3.72. The number of hydrogen-bond donors (Lipinski definition) is 1. The Balaban J connectivity index is 1.75. The molecule has 0 radical (unpaired) electrons. The van der Waals surface area contributed by atoms with Crippen LogP contribution >= 0.6 is 0 Å². The molecule has 0 spiro atoms. The van der Waals surface area contributed by atoms with Crippen molar-refractivity contribution in [2.45, 2.75) is 20.3 Å². The summed E-state index contributed by atoms with van der Waals surface area (Å²) in [7, 11) is 0. The Morgan fingerprint density at radius 3 is 2.55 bits per heavy atom. The van der Waals surface area contributed by atoms with Gasteiger partial charge in [-0.15, -0.1) is 0 Å². The molecule has 1 fully saturated rings. The minimum atomic E-state index is -0.122. The molecule has 110 valence electrons. The first-order valence-corrected chi connectivity index (χ1v) is 7.24. The van der Waals surface area contributed by atoms with E-state index in [0.29, 0.717) is 16.8 Å². The molecule has 1 aliphatic rings. The van der Waals surface area contributed by atoms with Gasteiger partial charge >= 0.3 is 0 Å². The molecule has 0 bridgehead atoms. The van der Waals surface area contributed by atoms with Gasteiger partial charge in [0.15, 0.2) is 12.4 Å². The first kappa shape index (κ1) is 14.8. The maximum atomic E-state index is 11.9. The molecule has 1 amide bonds. The third-order valence-electron chi connectivity index (χ3n) is 3.72. The molecule has 1 N–H and O–H groups in total. The van der Waals surface area contributed by atoms with E-state index in [0.717, 1.165) is 31.5 Å². The maximum Gasteiger partial charge on any atom is 0.251 e. The highest BCUT2D eigenvalue weighted by molar-refractivity contribution is 5.93. The van der Waals surface area contributed by atoms with Crippen LogP contribution in [0.15, 0.2) is 24.5 Å². The zero-order valence-electron chi connectivity index (χ0n) is 12.2. The molecule has 1 aromatic heterocycles. The summed E-state index contributed by atoms with van der Waals surface area (Å²) in [4.78, 5) is 14.3. The van der Waals surface area contributed by atoms with Crippen LogP contribution in [0.25, 0.3) is 0 Å². The Morgan fingerprint density at radius 1 is 1.35 bits per heavy atom. The van der Waals surface area contributed by atoms with Gasteiger partial charge in [0.25, 0.3) is 5.91 Å². The molecule has 1 aromatic rings. The molecule has 5 nitrogen and oxygen atoms in total. The zero-order valence-corrected chi connectivity index (χ0v) is 12.2. The molecule has 2 unspecified atom stereocenters. The molecule has 0 saturated carbocycles. The number of nitrogens with one attached hydrogen (secondary N) is 1. The van der Waals surface area contributed by atoms with Crippen molar-refractivity contribution in [2.24, 2.45) is 11.8 Å². The fraction of sp³-hybridized carbons (Fsp3) is 0.600. The van der Waals surface area contributed by atoms with E-state index >= 15 is 0 Å². The summed E-state index contributed by atoms with van der Waals surface area (Å²) in [6.07, 6.45) is 3.97. The number of likely N-dealkylation sites (tertiary alicyclic amines) is 1. The average Bonchev–Trinajstić information content (AvgIpc) is 2.38. The lowest BCUT2D eigenvalue weighted by molar-refractivity contribution is -0.605. The van der Waals surface area contributed by atoms with Crippen molar-refractivity contribution in [1.82, 2.24) is 10.2 Å². The van der Waals surface area contributed by atoms with Crippen LogP contribution in [0.1, 0.15) is 30.6 Å². The van der Waals surface area contributed by atoms with E-state index in [-0.39, 0.29) is 5.91 Å². The van der Waals surface area contributed by atoms with Crippen LogP contribution in [0.5, 0.6) is 0 Å².